The van der Waals surface area contributed by atoms with Gasteiger partial charge >= 0.3 is 0 Å². The number of benzene rings is 1. The summed E-state index contributed by atoms with van der Waals surface area (Å²) >= 11 is 17.7. The van der Waals surface area contributed by atoms with Crippen LogP contribution in [0.2, 0.25) is 15.1 Å². The Hall–Kier alpha value is -0.150. The molecule has 1 N–H and O–H groups in total. The summed E-state index contributed by atoms with van der Waals surface area (Å²) in [5, 5.41) is 4.68. The molecular formula is C12H16Cl3NO. The highest BCUT2D eigenvalue weighted by atomic mass is 35.5. The Morgan fingerprint density at radius 1 is 1.06 bits per heavy atom. The van der Waals surface area contributed by atoms with E-state index in [4.69, 9.17) is 39.5 Å². The summed E-state index contributed by atoms with van der Waals surface area (Å²) in [6, 6.07) is 3.24. The van der Waals surface area contributed by atoms with E-state index in [0.29, 0.717) is 27.4 Å². The van der Waals surface area contributed by atoms with Crippen LogP contribution in [0.3, 0.4) is 0 Å². The Morgan fingerprint density at radius 3 is 2.47 bits per heavy atom. The van der Waals surface area contributed by atoms with Crippen LogP contribution in [0.25, 0.3) is 0 Å². The van der Waals surface area contributed by atoms with Gasteiger partial charge in [-0.3, -0.25) is 0 Å². The van der Waals surface area contributed by atoms with Gasteiger partial charge in [0.25, 0.3) is 0 Å². The van der Waals surface area contributed by atoms with Crippen LogP contribution in [-0.2, 0) is 0 Å². The zero-order chi connectivity index (χ0) is 12.7. The molecule has 0 aromatic heterocycles. The van der Waals surface area contributed by atoms with Crippen molar-refractivity contribution in [2.75, 3.05) is 19.7 Å². The molecule has 0 unspecified atom stereocenters. The molecule has 0 aliphatic heterocycles. The van der Waals surface area contributed by atoms with Crippen LogP contribution in [0.1, 0.15) is 19.8 Å². The first-order chi connectivity index (χ1) is 8.15. The summed E-state index contributed by atoms with van der Waals surface area (Å²) in [7, 11) is 0. The van der Waals surface area contributed by atoms with Crippen molar-refractivity contribution in [3.05, 3.63) is 27.2 Å². The van der Waals surface area contributed by atoms with E-state index in [0.717, 1.165) is 25.9 Å². The van der Waals surface area contributed by atoms with Gasteiger partial charge in [-0.05, 0) is 32.0 Å². The second kappa shape index (κ2) is 8.04. The molecular weight excluding hydrogens is 280 g/mol. The highest BCUT2D eigenvalue weighted by Crippen LogP contribution is 2.33. The van der Waals surface area contributed by atoms with Gasteiger partial charge in [0.05, 0.1) is 21.7 Å². The minimum absolute atomic E-state index is 0.439. The monoisotopic (exact) mass is 295 g/mol. The van der Waals surface area contributed by atoms with E-state index < -0.39 is 0 Å². The molecule has 1 aromatic rings. The number of nitrogens with one attached hydrogen (secondary N) is 1. The molecule has 0 radical (unpaired) electrons. The number of ether oxygens (including phenoxy) is 1. The molecule has 0 saturated heterocycles. The van der Waals surface area contributed by atoms with Crippen LogP contribution in [0.4, 0.5) is 0 Å². The van der Waals surface area contributed by atoms with Gasteiger partial charge in [0.15, 0.2) is 0 Å². The maximum Gasteiger partial charge on any atom is 0.139 e. The van der Waals surface area contributed by atoms with E-state index in [-0.39, 0.29) is 0 Å². The molecule has 1 rings (SSSR count). The van der Waals surface area contributed by atoms with Crippen LogP contribution in [0, 0.1) is 0 Å². The molecule has 2 nitrogen and oxygen atoms in total. The molecule has 17 heavy (non-hydrogen) atoms. The lowest BCUT2D eigenvalue weighted by molar-refractivity contribution is 0.308. The number of hydrogen-bond acceptors (Lipinski definition) is 2. The molecule has 0 fully saturated rings. The third kappa shape index (κ3) is 5.35. The lowest BCUT2D eigenvalue weighted by Gasteiger charge is -2.09. The van der Waals surface area contributed by atoms with Crippen molar-refractivity contribution in [1.82, 2.24) is 5.32 Å². The first-order valence-electron chi connectivity index (χ1n) is 5.63. The zero-order valence-corrected chi connectivity index (χ0v) is 12.0. The quantitative estimate of drug-likeness (QED) is 0.594. The number of hydrogen-bond donors (Lipinski definition) is 1. The highest BCUT2D eigenvalue weighted by Gasteiger charge is 2.06. The van der Waals surface area contributed by atoms with Crippen molar-refractivity contribution in [2.45, 2.75) is 19.8 Å². The Bertz CT molecular complexity index is 358. The Labute approximate surface area is 117 Å². The van der Waals surface area contributed by atoms with Gasteiger partial charge < -0.3 is 10.1 Å². The van der Waals surface area contributed by atoms with Crippen LogP contribution in [0.5, 0.6) is 5.75 Å². The maximum absolute atomic E-state index is 5.98. The van der Waals surface area contributed by atoms with E-state index in [2.05, 4.69) is 12.2 Å². The van der Waals surface area contributed by atoms with Gasteiger partial charge in [-0.1, -0.05) is 41.7 Å². The molecule has 0 amide bonds. The fourth-order valence-electron chi connectivity index (χ4n) is 1.30. The van der Waals surface area contributed by atoms with Crippen LogP contribution >= 0.6 is 34.8 Å². The summed E-state index contributed by atoms with van der Waals surface area (Å²) in [4.78, 5) is 0. The Morgan fingerprint density at radius 2 is 1.76 bits per heavy atom. The van der Waals surface area contributed by atoms with Crippen LogP contribution in [0.15, 0.2) is 12.1 Å². The maximum atomic E-state index is 5.98. The van der Waals surface area contributed by atoms with E-state index in [9.17, 15) is 0 Å². The second-order valence-electron chi connectivity index (χ2n) is 3.65. The second-order valence-corrected chi connectivity index (χ2v) is 4.87. The van der Waals surface area contributed by atoms with E-state index >= 15 is 0 Å². The first-order valence-corrected chi connectivity index (χ1v) is 6.76. The first kappa shape index (κ1) is 14.9. The van der Waals surface area contributed by atoms with Gasteiger partial charge in [-0.25, -0.2) is 0 Å². The lowest BCUT2D eigenvalue weighted by Crippen LogP contribution is -2.18. The topological polar surface area (TPSA) is 21.3 Å². The fourth-order valence-corrected chi connectivity index (χ4v) is 1.89. The summed E-state index contributed by atoms with van der Waals surface area (Å²) < 4.78 is 5.54. The molecule has 0 aliphatic rings. The highest BCUT2D eigenvalue weighted by molar-refractivity contribution is 6.43. The molecule has 5 heteroatoms. The molecule has 0 saturated carbocycles. The van der Waals surface area contributed by atoms with Gasteiger partial charge in [-0.2, -0.15) is 0 Å². The van der Waals surface area contributed by atoms with Crippen molar-refractivity contribution in [3.63, 3.8) is 0 Å². The molecule has 0 spiro atoms. The number of halogens is 3. The third-order valence-electron chi connectivity index (χ3n) is 2.16. The largest absolute Gasteiger partial charge is 0.492 e. The minimum atomic E-state index is 0.439. The molecule has 0 bridgehead atoms. The lowest BCUT2D eigenvalue weighted by atomic mass is 10.3. The van der Waals surface area contributed by atoms with Gasteiger partial charge in [0.2, 0.25) is 0 Å². The Kier molecular flexibility index (Phi) is 7.05. The van der Waals surface area contributed by atoms with Crippen molar-refractivity contribution in [3.8, 4) is 5.75 Å². The van der Waals surface area contributed by atoms with E-state index in [1.807, 2.05) is 0 Å². The SMILES string of the molecule is CCCNCCCOc1cc(Cl)c(Cl)cc1Cl. The van der Waals surface area contributed by atoms with Crippen molar-refractivity contribution < 1.29 is 4.74 Å². The Balaban J connectivity index is 2.34. The minimum Gasteiger partial charge on any atom is -0.492 e. The van der Waals surface area contributed by atoms with Crippen molar-refractivity contribution in [1.29, 1.82) is 0 Å². The molecule has 1 aromatic carbocycles. The van der Waals surface area contributed by atoms with Crippen molar-refractivity contribution in [2.24, 2.45) is 0 Å². The summed E-state index contributed by atoms with van der Waals surface area (Å²) in [6.07, 6.45) is 2.07. The summed E-state index contributed by atoms with van der Waals surface area (Å²) in [6.45, 7) is 4.72. The molecule has 96 valence electrons. The normalized spacial score (nSPS) is 10.6. The van der Waals surface area contributed by atoms with E-state index in [1.165, 1.54) is 0 Å². The molecule has 0 atom stereocenters. The van der Waals surface area contributed by atoms with Gasteiger partial charge in [0, 0.05) is 6.07 Å². The van der Waals surface area contributed by atoms with Crippen LogP contribution < -0.4 is 10.1 Å². The van der Waals surface area contributed by atoms with Gasteiger partial charge in [0.1, 0.15) is 5.75 Å². The van der Waals surface area contributed by atoms with Crippen molar-refractivity contribution >= 4 is 34.8 Å². The summed E-state index contributed by atoms with van der Waals surface area (Å²) in [5.41, 5.74) is 0. The third-order valence-corrected chi connectivity index (χ3v) is 3.17. The summed E-state index contributed by atoms with van der Waals surface area (Å²) in [5.74, 6) is 0.580. The average molecular weight is 297 g/mol. The molecule has 0 heterocycles. The fraction of sp³-hybridized carbons (Fsp3) is 0.500. The standard InChI is InChI=1S/C12H16Cl3NO/c1-2-4-16-5-3-6-17-12-8-10(14)9(13)7-11(12)15/h7-8,16H,2-6H2,1H3. The van der Waals surface area contributed by atoms with Crippen LogP contribution in [-0.4, -0.2) is 19.7 Å². The number of rotatable bonds is 7. The predicted molar refractivity (Wildman–Crippen MR) is 74.7 cm³/mol. The van der Waals surface area contributed by atoms with Gasteiger partial charge in [-0.15, -0.1) is 0 Å². The predicted octanol–water partition coefficient (Wildman–Crippen LogP) is 4.42. The smallest absolute Gasteiger partial charge is 0.139 e. The molecule has 0 aliphatic carbocycles. The average Bonchev–Trinajstić information content (AvgIpc) is 2.30. The zero-order valence-electron chi connectivity index (χ0n) is 9.73. The van der Waals surface area contributed by atoms with E-state index in [1.54, 1.807) is 12.1 Å².